The van der Waals surface area contributed by atoms with Crippen LogP contribution in [0.4, 0.5) is 0 Å². The molecule has 1 N–H and O–H groups in total. The van der Waals surface area contributed by atoms with Crippen LogP contribution in [0.25, 0.3) is 0 Å². The maximum absolute atomic E-state index is 11.3. The van der Waals surface area contributed by atoms with E-state index in [1.54, 1.807) is 0 Å². The predicted octanol–water partition coefficient (Wildman–Crippen LogP) is 0.403. The van der Waals surface area contributed by atoms with Gasteiger partial charge in [0.25, 0.3) is 0 Å². The van der Waals surface area contributed by atoms with Crippen LogP contribution < -0.4 is 5.32 Å². The SMILES string of the molecule is CC(C)C(=O)NC1[C@H]2COC[C@@H]12. The number of ether oxygens (including phenoxy) is 1. The number of hydrogen-bond donors (Lipinski definition) is 1. The minimum atomic E-state index is 0.104. The fourth-order valence-corrected chi connectivity index (χ4v) is 1.78. The number of carbonyl (C=O) groups excluding carboxylic acids is 1. The molecule has 3 nitrogen and oxygen atoms in total. The quantitative estimate of drug-likeness (QED) is 0.650. The Balaban J connectivity index is 1.79. The summed E-state index contributed by atoms with van der Waals surface area (Å²) in [5.41, 5.74) is 0. The van der Waals surface area contributed by atoms with Crippen LogP contribution in [0.3, 0.4) is 0 Å². The number of hydrogen-bond acceptors (Lipinski definition) is 2. The van der Waals surface area contributed by atoms with Crippen molar-refractivity contribution >= 4 is 5.91 Å². The molecule has 3 heteroatoms. The molecule has 1 aliphatic heterocycles. The normalized spacial score (nSPS) is 38.1. The van der Waals surface area contributed by atoms with Crippen LogP contribution in [0, 0.1) is 17.8 Å². The molecule has 3 atom stereocenters. The monoisotopic (exact) mass is 169 g/mol. The van der Waals surface area contributed by atoms with Crippen molar-refractivity contribution in [1.82, 2.24) is 5.32 Å². The molecule has 12 heavy (non-hydrogen) atoms. The summed E-state index contributed by atoms with van der Waals surface area (Å²) in [6.07, 6.45) is 0. The summed E-state index contributed by atoms with van der Waals surface area (Å²) < 4.78 is 5.23. The summed E-state index contributed by atoms with van der Waals surface area (Å²) in [5.74, 6) is 1.52. The highest BCUT2D eigenvalue weighted by Crippen LogP contribution is 2.44. The first-order valence-electron chi connectivity index (χ1n) is 4.58. The molecular formula is C9H15NO2. The van der Waals surface area contributed by atoms with Gasteiger partial charge < -0.3 is 10.1 Å². The Morgan fingerprint density at radius 2 is 2.00 bits per heavy atom. The predicted molar refractivity (Wildman–Crippen MR) is 44.6 cm³/mol. The zero-order valence-electron chi connectivity index (χ0n) is 7.54. The fourth-order valence-electron chi connectivity index (χ4n) is 1.78. The van der Waals surface area contributed by atoms with Crippen LogP contribution in [0.1, 0.15) is 13.8 Å². The average Bonchev–Trinajstić information content (AvgIpc) is 2.46. The lowest BCUT2D eigenvalue weighted by atomic mass is 10.2. The molecule has 0 aromatic rings. The number of fused-ring (bicyclic) bond motifs is 1. The highest BCUT2D eigenvalue weighted by Gasteiger charge is 2.54. The van der Waals surface area contributed by atoms with Crippen LogP contribution in [-0.4, -0.2) is 25.2 Å². The van der Waals surface area contributed by atoms with Gasteiger partial charge in [-0.15, -0.1) is 0 Å². The van der Waals surface area contributed by atoms with Crippen molar-refractivity contribution in [2.45, 2.75) is 19.9 Å². The Morgan fingerprint density at radius 1 is 1.42 bits per heavy atom. The second-order valence-electron chi connectivity index (χ2n) is 4.05. The summed E-state index contributed by atoms with van der Waals surface area (Å²) in [7, 11) is 0. The van der Waals surface area contributed by atoms with Crippen molar-refractivity contribution in [2.24, 2.45) is 17.8 Å². The van der Waals surface area contributed by atoms with Crippen LogP contribution in [0.15, 0.2) is 0 Å². The Kier molecular flexibility index (Phi) is 1.83. The van der Waals surface area contributed by atoms with Gasteiger partial charge in [-0.25, -0.2) is 0 Å². The molecule has 2 fully saturated rings. The Hall–Kier alpha value is -0.570. The molecule has 1 aliphatic carbocycles. The van der Waals surface area contributed by atoms with Gasteiger partial charge in [-0.05, 0) is 0 Å². The molecule has 0 radical (unpaired) electrons. The molecule has 1 saturated heterocycles. The average molecular weight is 169 g/mol. The van der Waals surface area contributed by atoms with Gasteiger partial charge in [-0.1, -0.05) is 13.8 Å². The molecule has 0 spiro atoms. The van der Waals surface area contributed by atoms with Crippen molar-refractivity contribution in [3.05, 3.63) is 0 Å². The van der Waals surface area contributed by atoms with E-state index in [4.69, 9.17) is 4.74 Å². The molecule has 0 aromatic heterocycles. The zero-order chi connectivity index (χ0) is 8.72. The molecule has 1 unspecified atom stereocenters. The molecule has 1 heterocycles. The van der Waals surface area contributed by atoms with Crippen LogP contribution >= 0.6 is 0 Å². The summed E-state index contributed by atoms with van der Waals surface area (Å²) in [5, 5.41) is 3.04. The van der Waals surface area contributed by atoms with Gasteiger partial charge in [0.2, 0.25) is 5.91 Å². The van der Waals surface area contributed by atoms with Crippen molar-refractivity contribution in [1.29, 1.82) is 0 Å². The van der Waals surface area contributed by atoms with E-state index in [0.717, 1.165) is 13.2 Å². The van der Waals surface area contributed by atoms with E-state index in [1.807, 2.05) is 13.8 Å². The zero-order valence-corrected chi connectivity index (χ0v) is 7.54. The smallest absolute Gasteiger partial charge is 0.222 e. The molecule has 1 amide bonds. The Morgan fingerprint density at radius 3 is 2.50 bits per heavy atom. The van der Waals surface area contributed by atoms with Crippen LogP contribution in [-0.2, 0) is 9.53 Å². The minimum absolute atomic E-state index is 0.104. The van der Waals surface area contributed by atoms with E-state index in [2.05, 4.69) is 5.32 Å². The van der Waals surface area contributed by atoms with Gasteiger partial charge in [0.1, 0.15) is 0 Å². The lowest BCUT2D eigenvalue weighted by Gasteiger charge is -2.09. The van der Waals surface area contributed by atoms with E-state index >= 15 is 0 Å². The molecule has 2 rings (SSSR count). The third kappa shape index (κ3) is 1.22. The lowest BCUT2D eigenvalue weighted by Crippen LogP contribution is -2.33. The third-order valence-corrected chi connectivity index (χ3v) is 2.79. The van der Waals surface area contributed by atoms with E-state index in [1.165, 1.54) is 0 Å². The number of carbonyl (C=O) groups is 1. The molecule has 0 aromatic carbocycles. The Bertz CT molecular complexity index is 193. The first-order chi connectivity index (χ1) is 5.70. The van der Waals surface area contributed by atoms with Gasteiger partial charge in [-0.2, -0.15) is 0 Å². The summed E-state index contributed by atoms with van der Waals surface area (Å²) in [6.45, 7) is 5.52. The van der Waals surface area contributed by atoms with Crippen LogP contribution in [0.2, 0.25) is 0 Å². The van der Waals surface area contributed by atoms with E-state index in [0.29, 0.717) is 17.9 Å². The topological polar surface area (TPSA) is 38.3 Å². The van der Waals surface area contributed by atoms with Crippen molar-refractivity contribution in [2.75, 3.05) is 13.2 Å². The summed E-state index contributed by atoms with van der Waals surface area (Å²) in [6, 6.07) is 0.425. The fraction of sp³-hybridized carbons (Fsp3) is 0.889. The first kappa shape index (κ1) is 8.05. The van der Waals surface area contributed by atoms with Crippen molar-refractivity contribution in [3.8, 4) is 0 Å². The van der Waals surface area contributed by atoms with Gasteiger partial charge in [0.05, 0.1) is 13.2 Å². The number of rotatable bonds is 2. The van der Waals surface area contributed by atoms with Crippen molar-refractivity contribution in [3.63, 3.8) is 0 Å². The van der Waals surface area contributed by atoms with Gasteiger partial charge in [0.15, 0.2) is 0 Å². The molecule has 2 aliphatic rings. The molecular weight excluding hydrogens is 154 g/mol. The van der Waals surface area contributed by atoms with E-state index in [-0.39, 0.29) is 11.8 Å². The number of nitrogens with one attached hydrogen (secondary N) is 1. The highest BCUT2D eigenvalue weighted by molar-refractivity contribution is 5.78. The van der Waals surface area contributed by atoms with E-state index in [9.17, 15) is 4.79 Å². The maximum Gasteiger partial charge on any atom is 0.222 e. The highest BCUT2D eigenvalue weighted by atomic mass is 16.5. The standard InChI is InChI=1S/C9H15NO2/c1-5(2)9(11)10-8-6-3-12-4-7(6)8/h5-8H,3-4H2,1-2H3,(H,10,11)/t6-,7+,8?. The largest absolute Gasteiger partial charge is 0.381 e. The van der Waals surface area contributed by atoms with Gasteiger partial charge in [-0.3, -0.25) is 4.79 Å². The first-order valence-corrected chi connectivity index (χ1v) is 4.58. The third-order valence-electron chi connectivity index (χ3n) is 2.79. The molecule has 0 bridgehead atoms. The molecule has 1 saturated carbocycles. The van der Waals surface area contributed by atoms with Crippen molar-refractivity contribution < 1.29 is 9.53 Å². The van der Waals surface area contributed by atoms with Gasteiger partial charge >= 0.3 is 0 Å². The molecule has 68 valence electrons. The Labute approximate surface area is 72.5 Å². The van der Waals surface area contributed by atoms with Crippen LogP contribution in [0.5, 0.6) is 0 Å². The number of amides is 1. The second kappa shape index (κ2) is 2.73. The lowest BCUT2D eigenvalue weighted by molar-refractivity contribution is -0.124. The second-order valence-corrected chi connectivity index (χ2v) is 4.05. The van der Waals surface area contributed by atoms with E-state index < -0.39 is 0 Å². The summed E-state index contributed by atoms with van der Waals surface area (Å²) >= 11 is 0. The maximum atomic E-state index is 11.3. The summed E-state index contributed by atoms with van der Waals surface area (Å²) in [4.78, 5) is 11.3. The van der Waals surface area contributed by atoms with Gasteiger partial charge in [0, 0.05) is 23.8 Å². The minimum Gasteiger partial charge on any atom is -0.381 e.